The number of amides is 3. The van der Waals surface area contributed by atoms with Gasteiger partial charge in [-0.2, -0.15) is 21.7 Å². The van der Waals surface area contributed by atoms with Gasteiger partial charge in [-0.1, -0.05) is 186 Å². The number of hydrogen-bond donors (Lipinski definition) is 12. The molecule has 21 nitrogen and oxygen atoms in total. The van der Waals surface area contributed by atoms with Crippen molar-refractivity contribution in [2.24, 2.45) is 17.4 Å². The first-order valence-corrected chi connectivity index (χ1v) is 37.8. The lowest BCUT2D eigenvalue weighted by atomic mass is 9.95. The minimum atomic E-state index is -0.802. The maximum Gasteiger partial charge on any atom is 0.328 e. The third kappa shape index (κ3) is 41.3. The van der Waals surface area contributed by atoms with Crippen molar-refractivity contribution in [3.8, 4) is 0 Å². The molecule has 0 bridgehead atoms. The van der Waals surface area contributed by atoms with Gasteiger partial charge in [0.25, 0.3) is 5.91 Å². The molecule has 1 aromatic carbocycles. The molecule has 15 N–H and O–H groups in total. The fourth-order valence-corrected chi connectivity index (χ4v) is 12.9. The molecule has 93 heavy (non-hydrogen) atoms. The van der Waals surface area contributed by atoms with Gasteiger partial charge in [-0.15, -0.1) is 0 Å². The van der Waals surface area contributed by atoms with Crippen molar-refractivity contribution < 1.29 is 34.2 Å². The van der Waals surface area contributed by atoms with E-state index in [0.29, 0.717) is 86.2 Å². The lowest BCUT2D eigenvalue weighted by molar-refractivity contribution is -0.138. The van der Waals surface area contributed by atoms with Crippen molar-refractivity contribution >= 4 is 64.4 Å². The van der Waals surface area contributed by atoms with Crippen LogP contribution < -0.4 is 54.8 Å². The standard InChI is InChI=1S/C71H127N13O8S/c1-2-3-51-79-70-82-65(74)64-66(83-70)84(71(92)81-64)54-57-42-44-59(45-43-57)67(89)80-61(69(91)78-53-36-50-76-48-34-33-47-75-49-35-46-72)39-31-32-52-77-68(90)60(73)56-93-55-58(38-28-24-20-16-12-8-6-10-14-18-22-26-30-41-63(87)88)37-27-23-19-15-11-7-4-5-9-13-17-21-25-29-40-62(85)86/h42-45,58,60-61,75-76H,2-41,46-56,72-73H2,1H3,(H,77,90)(H,78,91)(H,80,89)(H,81,92)(H,85,86)(H,87,88)(H3,74,79,82,83)/t58?,60-,61-/m0/s1. The number of unbranched alkanes of at least 4 members (excludes halogenated alkanes) is 28. The minimum Gasteiger partial charge on any atom is -0.481 e. The van der Waals surface area contributed by atoms with E-state index in [1.54, 1.807) is 36.0 Å². The summed E-state index contributed by atoms with van der Waals surface area (Å²) in [5.74, 6) is 0.466. The number of carboxylic acid groups (broad SMARTS) is 2. The summed E-state index contributed by atoms with van der Waals surface area (Å²) in [6.07, 6.45) is 43.0. The Bertz CT molecular complexity index is 2480. The average Bonchev–Trinajstić information content (AvgIpc) is 1.65. The van der Waals surface area contributed by atoms with Crippen LogP contribution in [-0.2, 0) is 25.7 Å². The van der Waals surface area contributed by atoms with Crippen molar-refractivity contribution in [2.75, 3.05) is 74.9 Å². The highest BCUT2D eigenvalue weighted by Crippen LogP contribution is 2.25. The molecule has 530 valence electrons. The maximum atomic E-state index is 13.8. The molecule has 3 aromatic rings. The quantitative estimate of drug-likeness (QED) is 0.0234. The summed E-state index contributed by atoms with van der Waals surface area (Å²) in [5, 5.41) is 36.7. The van der Waals surface area contributed by atoms with E-state index in [0.717, 1.165) is 115 Å². The highest BCUT2D eigenvalue weighted by atomic mass is 32.2. The fraction of sp³-hybridized carbons (Fsp3) is 0.775. The molecule has 0 saturated carbocycles. The van der Waals surface area contributed by atoms with Crippen LogP contribution in [-0.4, -0.2) is 135 Å². The average molecular weight is 1320 g/mol. The van der Waals surface area contributed by atoms with Gasteiger partial charge >= 0.3 is 17.6 Å². The SMILES string of the molecule is CCCCNc1nc(N)c2[nH]c(=O)n(Cc3ccc(C(=O)N[C@@H](CCCCNC(=O)[C@@H](N)CSCC(CCCCCCCCCCCCCCCCC(=O)O)CCCCCCCCCCCCCCCC(=O)O)C(=O)NCCCNCCCCNCCCN)cc3)c2n1. The van der Waals surface area contributed by atoms with Crippen molar-refractivity contribution in [3.05, 3.63) is 45.9 Å². The molecule has 3 rings (SSSR count). The molecule has 0 saturated heterocycles. The number of imidazole rings is 1. The molecule has 0 fully saturated rings. The predicted molar refractivity (Wildman–Crippen MR) is 383 cm³/mol. The van der Waals surface area contributed by atoms with Crippen molar-refractivity contribution in [2.45, 2.75) is 282 Å². The number of nitrogens with zero attached hydrogens (tertiary/aromatic N) is 3. The summed E-state index contributed by atoms with van der Waals surface area (Å²) in [4.78, 5) is 87.0. The number of carbonyl (C=O) groups is 5. The molecule has 0 radical (unpaired) electrons. The largest absolute Gasteiger partial charge is 0.481 e. The smallest absolute Gasteiger partial charge is 0.328 e. The summed E-state index contributed by atoms with van der Waals surface area (Å²) >= 11 is 1.80. The Hall–Kier alpha value is -5.29. The van der Waals surface area contributed by atoms with Gasteiger partial charge in [0.2, 0.25) is 17.8 Å². The Balaban J connectivity index is 1.47. The number of nitrogens with two attached hydrogens (primary N) is 3. The highest BCUT2D eigenvalue weighted by Gasteiger charge is 2.23. The number of carboxylic acids is 2. The molecule has 1 unspecified atom stereocenters. The molecular weight excluding hydrogens is 1190 g/mol. The van der Waals surface area contributed by atoms with Gasteiger partial charge < -0.3 is 64.3 Å². The van der Waals surface area contributed by atoms with Gasteiger partial charge in [-0.25, -0.2) is 4.79 Å². The number of anilines is 2. The Labute approximate surface area is 562 Å². The molecule has 22 heteroatoms. The van der Waals surface area contributed by atoms with Crippen LogP contribution in [0.1, 0.15) is 280 Å². The number of rotatable bonds is 64. The maximum absolute atomic E-state index is 13.8. The summed E-state index contributed by atoms with van der Waals surface area (Å²) in [6, 6.07) is 5.49. The van der Waals surface area contributed by atoms with E-state index >= 15 is 0 Å². The number of fused-ring (bicyclic) bond motifs is 1. The molecule has 3 atom stereocenters. The third-order valence-electron chi connectivity index (χ3n) is 17.4. The monoisotopic (exact) mass is 1320 g/mol. The van der Waals surface area contributed by atoms with Crippen LogP contribution >= 0.6 is 11.8 Å². The van der Waals surface area contributed by atoms with Crippen molar-refractivity contribution in [3.63, 3.8) is 0 Å². The minimum absolute atomic E-state index is 0.172. The van der Waals surface area contributed by atoms with Crippen LogP contribution in [0.2, 0.25) is 0 Å². The summed E-state index contributed by atoms with van der Waals surface area (Å²) in [7, 11) is 0. The Morgan fingerprint density at radius 2 is 1.01 bits per heavy atom. The van der Waals surface area contributed by atoms with E-state index in [1.165, 1.54) is 152 Å². The fourth-order valence-electron chi connectivity index (χ4n) is 11.7. The second kappa shape index (κ2) is 54.9. The van der Waals surface area contributed by atoms with E-state index in [1.807, 2.05) is 0 Å². The van der Waals surface area contributed by atoms with Crippen LogP contribution in [0.25, 0.3) is 11.2 Å². The Kier molecular flexibility index (Phi) is 48.4. The number of carbonyl (C=O) groups excluding carboxylic acids is 3. The van der Waals surface area contributed by atoms with E-state index in [2.05, 4.69) is 53.8 Å². The summed E-state index contributed by atoms with van der Waals surface area (Å²) < 4.78 is 1.49. The van der Waals surface area contributed by atoms with Crippen molar-refractivity contribution in [1.29, 1.82) is 0 Å². The zero-order valence-corrected chi connectivity index (χ0v) is 58.2. The topological polar surface area (TPSA) is 340 Å². The number of nitrogens with one attached hydrogen (secondary N) is 7. The first-order valence-electron chi connectivity index (χ1n) is 36.7. The molecule has 2 aromatic heterocycles. The first kappa shape index (κ1) is 81.9. The third-order valence-corrected chi connectivity index (χ3v) is 18.8. The molecule has 0 spiro atoms. The van der Waals surface area contributed by atoms with Gasteiger partial charge in [0, 0.05) is 43.8 Å². The summed E-state index contributed by atoms with van der Waals surface area (Å²) in [6.45, 7) is 8.03. The number of H-pyrrole nitrogens is 1. The number of hydrogen-bond acceptors (Lipinski definition) is 15. The Morgan fingerprint density at radius 3 is 1.53 bits per heavy atom. The van der Waals surface area contributed by atoms with Crippen LogP contribution in [0, 0.1) is 5.92 Å². The lowest BCUT2D eigenvalue weighted by Crippen LogP contribution is -2.47. The van der Waals surface area contributed by atoms with Crippen LogP contribution in [0.3, 0.4) is 0 Å². The first-order chi connectivity index (χ1) is 45.3. The zero-order chi connectivity index (χ0) is 67.2. The number of benzene rings is 1. The van der Waals surface area contributed by atoms with Gasteiger partial charge in [-0.05, 0) is 139 Å². The van der Waals surface area contributed by atoms with Gasteiger partial charge in [0.05, 0.1) is 12.6 Å². The molecule has 0 aliphatic heterocycles. The van der Waals surface area contributed by atoms with Crippen LogP contribution in [0.4, 0.5) is 11.8 Å². The van der Waals surface area contributed by atoms with E-state index in [9.17, 15) is 28.8 Å². The predicted octanol–water partition coefficient (Wildman–Crippen LogP) is 12.1. The number of aromatic nitrogens is 4. The van der Waals surface area contributed by atoms with Crippen LogP contribution in [0.15, 0.2) is 29.1 Å². The Morgan fingerprint density at radius 1 is 0.548 bits per heavy atom. The molecule has 0 aliphatic carbocycles. The molecular formula is C71H127N13O8S. The number of thioether (sulfide) groups is 1. The van der Waals surface area contributed by atoms with E-state index in [4.69, 9.17) is 27.4 Å². The number of aromatic amines is 1. The lowest BCUT2D eigenvalue weighted by Gasteiger charge is -2.19. The number of aliphatic carboxylic acids is 2. The van der Waals surface area contributed by atoms with Crippen LogP contribution in [0.5, 0.6) is 0 Å². The number of nitrogen functional groups attached to an aromatic ring is 1. The summed E-state index contributed by atoms with van der Waals surface area (Å²) in [5.41, 5.74) is 19.8. The van der Waals surface area contributed by atoms with E-state index < -0.39 is 29.9 Å². The van der Waals surface area contributed by atoms with Gasteiger partial charge in [-0.3, -0.25) is 28.5 Å². The normalized spacial score (nSPS) is 12.5. The van der Waals surface area contributed by atoms with E-state index in [-0.39, 0.29) is 36.3 Å². The highest BCUT2D eigenvalue weighted by molar-refractivity contribution is 7.99. The second-order valence-corrected chi connectivity index (χ2v) is 26.9. The van der Waals surface area contributed by atoms with Gasteiger partial charge in [0.15, 0.2) is 11.5 Å². The molecule has 2 heterocycles. The zero-order valence-electron chi connectivity index (χ0n) is 57.4. The molecule has 0 aliphatic rings. The van der Waals surface area contributed by atoms with Crippen molar-refractivity contribution in [1.82, 2.24) is 46.1 Å². The second-order valence-electron chi connectivity index (χ2n) is 25.9. The molecule has 3 amide bonds. The van der Waals surface area contributed by atoms with Gasteiger partial charge in [0.1, 0.15) is 11.6 Å².